The number of anilines is 1. The van der Waals surface area contributed by atoms with E-state index >= 15 is 0 Å². The van der Waals surface area contributed by atoms with Gasteiger partial charge in [0.25, 0.3) is 5.91 Å². The molecule has 30 heavy (non-hydrogen) atoms. The van der Waals surface area contributed by atoms with Gasteiger partial charge in [0.15, 0.2) is 17.4 Å². The van der Waals surface area contributed by atoms with Gasteiger partial charge < -0.3 is 22.1 Å². The molecule has 1 aliphatic rings. The van der Waals surface area contributed by atoms with E-state index in [2.05, 4.69) is 25.6 Å². The molecule has 1 heterocycles. The van der Waals surface area contributed by atoms with E-state index in [4.69, 9.17) is 22.3 Å². The molecule has 0 saturated heterocycles. The molecule has 0 aliphatic heterocycles. The lowest BCUT2D eigenvalue weighted by atomic mass is 9.91. The van der Waals surface area contributed by atoms with Crippen LogP contribution in [0.5, 0.6) is 0 Å². The Hall–Kier alpha value is -3.66. The predicted molar refractivity (Wildman–Crippen MR) is 117 cm³/mol. The third-order valence-electron chi connectivity index (χ3n) is 4.82. The lowest BCUT2D eigenvalue weighted by Crippen LogP contribution is -2.49. The largest absolute Gasteiger partial charge is 0.364 e. The first-order valence-electron chi connectivity index (χ1n) is 9.66. The fourth-order valence-corrected chi connectivity index (χ4v) is 3.21. The molecule has 1 aliphatic carbocycles. The standard InChI is InChI=1S/C20H25N9O/c21-14-4-1-2-5-15(14)28-20(24)29-19(16(22)17(23)30)27-13-8-6-12(7-9-13)18-25-10-3-11-26-18/h3,6-11,14-15,22H,1-2,4-5,21H2,(H2,23,30)(H3,24,27,28,29)/t14-,15+/m0/s1. The Bertz CT molecular complexity index is 941. The van der Waals surface area contributed by atoms with Gasteiger partial charge in [-0.25, -0.2) is 9.97 Å². The number of aliphatic imine (C=N–C) groups is 1. The Labute approximate surface area is 174 Å². The van der Waals surface area contributed by atoms with E-state index in [1.54, 1.807) is 42.7 Å². The molecule has 1 aromatic heterocycles. The number of guanidine groups is 1. The van der Waals surface area contributed by atoms with E-state index in [0.717, 1.165) is 31.2 Å². The fraction of sp³-hybridized carbons (Fsp3) is 0.300. The topological polar surface area (TPSA) is 179 Å². The third-order valence-corrected chi connectivity index (χ3v) is 4.82. The number of nitrogens with zero attached hydrogens (tertiary/aromatic N) is 3. The molecular weight excluding hydrogens is 382 g/mol. The van der Waals surface area contributed by atoms with Crippen LogP contribution in [0.25, 0.3) is 11.4 Å². The number of benzene rings is 1. The number of aromatic nitrogens is 2. The zero-order valence-corrected chi connectivity index (χ0v) is 16.4. The lowest BCUT2D eigenvalue weighted by molar-refractivity contribution is -0.111. The molecule has 1 amide bonds. The van der Waals surface area contributed by atoms with Crippen molar-refractivity contribution in [2.24, 2.45) is 16.5 Å². The number of carbonyl (C=O) groups excluding carboxylic acids is 1. The first-order valence-corrected chi connectivity index (χ1v) is 9.66. The first kappa shape index (κ1) is 21.1. The minimum Gasteiger partial charge on any atom is -0.364 e. The van der Waals surface area contributed by atoms with Crippen LogP contribution in [0.2, 0.25) is 0 Å². The molecule has 0 spiro atoms. The summed E-state index contributed by atoms with van der Waals surface area (Å²) in [5, 5.41) is 21.9. The summed E-state index contributed by atoms with van der Waals surface area (Å²) in [5.74, 6) is -0.663. The highest BCUT2D eigenvalue weighted by Gasteiger charge is 2.23. The van der Waals surface area contributed by atoms with Crippen LogP contribution in [-0.2, 0) is 4.79 Å². The summed E-state index contributed by atoms with van der Waals surface area (Å²) in [6.45, 7) is 0. The summed E-state index contributed by atoms with van der Waals surface area (Å²) in [7, 11) is 0. The second kappa shape index (κ2) is 9.70. The number of rotatable bonds is 5. The molecule has 1 aromatic carbocycles. The molecule has 10 heteroatoms. The van der Waals surface area contributed by atoms with Crippen LogP contribution in [0.15, 0.2) is 47.7 Å². The number of amidine groups is 1. The van der Waals surface area contributed by atoms with Crippen LogP contribution in [-0.4, -0.2) is 45.5 Å². The number of hydrogen-bond donors (Lipinski definition) is 6. The Morgan fingerprint density at radius 3 is 2.40 bits per heavy atom. The lowest BCUT2D eigenvalue weighted by Gasteiger charge is -2.29. The predicted octanol–water partition coefficient (Wildman–Crippen LogP) is 1.25. The Morgan fingerprint density at radius 2 is 1.77 bits per heavy atom. The van der Waals surface area contributed by atoms with Crippen LogP contribution >= 0.6 is 0 Å². The Kier molecular flexibility index (Phi) is 6.81. The number of nitrogens with one attached hydrogen (secondary N) is 4. The molecule has 0 radical (unpaired) electrons. The monoisotopic (exact) mass is 407 g/mol. The highest BCUT2D eigenvalue weighted by molar-refractivity contribution is 6.67. The van der Waals surface area contributed by atoms with Crippen molar-refractivity contribution in [1.29, 1.82) is 10.8 Å². The van der Waals surface area contributed by atoms with Crippen molar-refractivity contribution in [2.45, 2.75) is 37.8 Å². The van der Waals surface area contributed by atoms with Gasteiger partial charge in [-0.15, -0.1) is 0 Å². The van der Waals surface area contributed by atoms with Crippen molar-refractivity contribution in [3.05, 3.63) is 42.7 Å². The van der Waals surface area contributed by atoms with Crippen molar-refractivity contribution in [3.8, 4) is 11.4 Å². The molecule has 1 fully saturated rings. The average Bonchev–Trinajstić information content (AvgIpc) is 2.75. The highest BCUT2D eigenvalue weighted by atomic mass is 16.1. The summed E-state index contributed by atoms with van der Waals surface area (Å²) >= 11 is 0. The van der Waals surface area contributed by atoms with Gasteiger partial charge in [-0.1, -0.05) is 12.8 Å². The molecule has 0 unspecified atom stereocenters. The van der Waals surface area contributed by atoms with E-state index in [0.29, 0.717) is 11.5 Å². The maximum atomic E-state index is 11.5. The summed E-state index contributed by atoms with van der Waals surface area (Å²) in [5.41, 5.74) is 12.2. The van der Waals surface area contributed by atoms with E-state index in [9.17, 15) is 4.79 Å². The average molecular weight is 407 g/mol. The summed E-state index contributed by atoms with van der Waals surface area (Å²) in [6.07, 6.45) is 7.14. The van der Waals surface area contributed by atoms with Gasteiger partial charge in [-0.3, -0.25) is 15.6 Å². The molecule has 156 valence electrons. The van der Waals surface area contributed by atoms with Gasteiger partial charge in [-0.05, 0) is 43.2 Å². The second-order valence-corrected chi connectivity index (χ2v) is 7.02. The van der Waals surface area contributed by atoms with Gasteiger partial charge in [0.2, 0.25) is 5.96 Å². The minimum atomic E-state index is -0.947. The van der Waals surface area contributed by atoms with Crippen LogP contribution in [0.1, 0.15) is 25.7 Å². The number of nitrogens with two attached hydrogens (primary N) is 2. The van der Waals surface area contributed by atoms with Gasteiger partial charge in [0.05, 0.1) is 0 Å². The maximum Gasteiger partial charge on any atom is 0.270 e. The summed E-state index contributed by atoms with van der Waals surface area (Å²) < 4.78 is 0. The molecular formula is C20H25N9O. The number of hydrogen-bond acceptors (Lipinski definition) is 6. The molecule has 3 rings (SSSR count). The number of carbonyl (C=O) groups is 1. The molecule has 10 nitrogen and oxygen atoms in total. The molecule has 1 saturated carbocycles. The van der Waals surface area contributed by atoms with E-state index < -0.39 is 11.6 Å². The van der Waals surface area contributed by atoms with Crippen molar-refractivity contribution in [2.75, 3.05) is 5.32 Å². The van der Waals surface area contributed by atoms with E-state index in [-0.39, 0.29) is 23.9 Å². The van der Waals surface area contributed by atoms with Crippen LogP contribution < -0.4 is 22.1 Å². The molecule has 2 atom stereocenters. The van der Waals surface area contributed by atoms with E-state index in [1.165, 1.54) is 0 Å². The van der Waals surface area contributed by atoms with Gasteiger partial charge >= 0.3 is 0 Å². The minimum absolute atomic E-state index is 0.0611. The van der Waals surface area contributed by atoms with Gasteiger partial charge in [-0.2, -0.15) is 4.99 Å². The zero-order valence-electron chi connectivity index (χ0n) is 16.4. The smallest absolute Gasteiger partial charge is 0.270 e. The summed E-state index contributed by atoms with van der Waals surface area (Å²) in [6, 6.07) is 8.69. The number of amides is 1. The van der Waals surface area contributed by atoms with Crippen LogP contribution in [0.3, 0.4) is 0 Å². The molecule has 0 bridgehead atoms. The van der Waals surface area contributed by atoms with Crippen molar-refractivity contribution in [3.63, 3.8) is 0 Å². The van der Waals surface area contributed by atoms with Crippen molar-refractivity contribution >= 4 is 29.1 Å². The van der Waals surface area contributed by atoms with Crippen LogP contribution in [0.4, 0.5) is 5.69 Å². The number of primary amides is 1. The molecule has 8 N–H and O–H groups in total. The van der Waals surface area contributed by atoms with Gasteiger partial charge in [0, 0.05) is 35.7 Å². The molecule has 2 aromatic rings. The van der Waals surface area contributed by atoms with Crippen molar-refractivity contribution < 1.29 is 4.79 Å². The van der Waals surface area contributed by atoms with E-state index in [1.807, 2.05) is 0 Å². The Balaban J connectivity index is 1.75. The first-order chi connectivity index (χ1) is 14.4. The SMILES string of the molecule is N=C(/N=C(/Nc1ccc(-c2ncccn2)cc1)C(=N)C(N)=O)N[C@@H]1CCCC[C@@H]1N. The fourth-order valence-electron chi connectivity index (χ4n) is 3.21. The third kappa shape index (κ3) is 5.45. The highest BCUT2D eigenvalue weighted by Crippen LogP contribution is 2.18. The quantitative estimate of drug-likeness (QED) is 0.320. The van der Waals surface area contributed by atoms with Crippen molar-refractivity contribution in [1.82, 2.24) is 15.3 Å². The maximum absolute atomic E-state index is 11.5. The summed E-state index contributed by atoms with van der Waals surface area (Å²) in [4.78, 5) is 24.0. The second-order valence-electron chi connectivity index (χ2n) is 7.02. The Morgan fingerprint density at radius 1 is 1.10 bits per heavy atom. The van der Waals surface area contributed by atoms with Gasteiger partial charge in [0.1, 0.15) is 0 Å². The zero-order chi connectivity index (χ0) is 21.5. The van der Waals surface area contributed by atoms with Crippen LogP contribution in [0, 0.1) is 10.8 Å². The normalized spacial score (nSPS) is 19.0.